The summed E-state index contributed by atoms with van der Waals surface area (Å²) in [5.41, 5.74) is 8.17. The fourth-order valence-corrected chi connectivity index (χ4v) is 9.80. The molecule has 0 unspecified atom stereocenters. The van der Waals surface area contributed by atoms with Crippen LogP contribution in [0.5, 0.6) is 11.5 Å². The van der Waals surface area contributed by atoms with Crippen molar-refractivity contribution in [3.05, 3.63) is 202 Å². The molecule has 0 bridgehead atoms. The fourth-order valence-electron chi connectivity index (χ4n) is 9.52. The molecule has 19 heteroatoms. The number of amides is 7. The minimum atomic E-state index is -1.38. The molecule has 1 fully saturated rings. The molecule has 6 aromatic carbocycles. The average molecular weight is 1080 g/mol. The Balaban J connectivity index is 1.10. The van der Waals surface area contributed by atoms with Gasteiger partial charge in [0.05, 0.1) is 24.7 Å². The summed E-state index contributed by atoms with van der Waals surface area (Å²) >= 11 is 7.05. The number of rotatable bonds is 24. The maximum absolute atomic E-state index is 14.9. The number of primary amides is 1. The van der Waals surface area contributed by atoms with Crippen LogP contribution in [-0.4, -0.2) is 118 Å². The van der Waals surface area contributed by atoms with Crippen LogP contribution in [0.3, 0.4) is 0 Å². The van der Waals surface area contributed by atoms with Crippen molar-refractivity contribution < 1.29 is 48.9 Å². The van der Waals surface area contributed by atoms with Gasteiger partial charge in [0.15, 0.2) is 0 Å². The predicted octanol–water partition coefficient (Wildman–Crippen LogP) is 3.27. The van der Waals surface area contributed by atoms with Gasteiger partial charge in [-0.3, -0.25) is 38.9 Å². The van der Waals surface area contributed by atoms with Crippen LogP contribution in [0.4, 0.5) is 0 Å². The van der Waals surface area contributed by atoms with Gasteiger partial charge in [0.25, 0.3) is 0 Å². The van der Waals surface area contributed by atoms with E-state index in [-0.39, 0.29) is 43.7 Å². The molecule has 1 saturated heterocycles. The molecule has 406 valence electrons. The molecule has 6 atom stereocenters. The van der Waals surface area contributed by atoms with E-state index in [0.717, 1.165) is 11.1 Å². The van der Waals surface area contributed by atoms with E-state index in [1.807, 2.05) is 78.9 Å². The second-order valence-corrected chi connectivity index (χ2v) is 19.5. The maximum atomic E-state index is 14.9. The minimum Gasteiger partial charge on any atom is -0.508 e. The number of aromatic hydroxyl groups is 2. The highest BCUT2D eigenvalue weighted by Gasteiger charge is 2.42. The molecule has 7 amide bonds. The number of benzene rings is 6. The van der Waals surface area contributed by atoms with Crippen LogP contribution < -0.4 is 37.6 Å². The Hall–Kier alpha value is -8.58. The molecule has 78 heavy (non-hydrogen) atoms. The molecule has 7 rings (SSSR count). The highest BCUT2D eigenvalue weighted by molar-refractivity contribution is 6.31. The Bertz CT molecular complexity index is 2990. The third-order valence-electron chi connectivity index (χ3n) is 13.6. The van der Waals surface area contributed by atoms with E-state index in [0.29, 0.717) is 33.7 Å². The van der Waals surface area contributed by atoms with Gasteiger partial charge in [-0.05, 0) is 89.9 Å². The molecule has 0 aliphatic carbocycles. The second kappa shape index (κ2) is 27.0. The number of nitrogens with zero attached hydrogens (tertiary/aromatic N) is 1. The van der Waals surface area contributed by atoms with Gasteiger partial charge in [-0.25, -0.2) is 0 Å². The highest BCUT2D eigenvalue weighted by Crippen LogP contribution is 2.41. The van der Waals surface area contributed by atoms with Crippen molar-refractivity contribution in [3.63, 3.8) is 0 Å². The standard InChI is InChI=1S/C59H63ClN8O10/c1-37(63-56(76)48(33-39-23-27-43(70)28-24-39)67-59(41-16-7-3-8-17-41,42-18-9-4-10-19-42)45-20-11-12-21-46(45)60)54(74)65-47(32-38-14-5-2-6-15-38)55(75)62-35-52(72)64-49(34-40-25-29-44(71)30-26-40)58(78)68-31-13-22-51(68)57(77)66-50(36-69)53(61)73/h2-12,14-21,23-30,37,47-51,67,69-71H,13,22,31-36H2,1H3,(H2,61,73)(H,62,75)(H,63,76)(H,64,72)(H,65,74)(H,66,77)/t37-,47+,48+,49+,50+,51+/m1/s1. The number of nitrogens with one attached hydrogen (secondary N) is 6. The van der Waals surface area contributed by atoms with E-state index in [1.165, 1.54) is 36.1 Å². The van der Waals surface area contributed by atoms with E-state index in [4.69, 9.17) is 17.3 Å². The van der Waals surface area contributed by atoms with Gasteiger partial charge in [0.1, 0.15) is 41.7 Å². The van der Waals surface area contributed by atoms with Gasteiger partial charge in [0.2, 0.25) is 41.4 Å². The monoisotopic (exact) mass is 1080 g/mol. The van der Waals surface area contributed by atoms with Crippen LogP contribution in [0, 0.1) is 0 Å². The Morgan fingerprint density at radius 1 is 0.603 bits per heavy atom. The second-order valence-electron chi connectivity index (χ2n) is 19.1. The van der Waals surface area contributed by atoms with Crippen molar-refractivity contribution in [1.29, 1.82) is 0 Å². The number of aliphatic hydroxyl groups excluding tert-OH is 1. The number of aliphatic hydroxyl groups is 1. The first-order valence-corrected chi connectivity index (χ1v) is 25.9. The fraction of sp³-hybridized carbons (Fsp3) is 0.271. The predicted molar refractivity (Wildman–Crippen MR) is 292 cm³/mol. The molecule has 0 radical (unpaired) electrons. The largest absolute Gasteiger partial charge is 0.508 e. The summed E-state index contributed by atoms with van der Waals surface area (Å²) in [6.07, 6.45) is 0.635. The smallest absolute Gasteiger partial charge is 0.246 e. The third kappa shape index (κ3) is 14.7. The number of halogens is 1. The summed E-state index contributed by atoms with van der Waals surface area (Å²) in [6.45, 7) is 0.216. The zero-order chi connectivity index (χ0) is 55.8. The first-order chi connectivity index (χ1) is 37.6. The van der Waals surface area contributed by atoms with Crippen molar-refractivity contribution in [2.24, 2.45) is 5.73 Å². The van der Waals surface area contributed by atoms with Crippen LogP contribution in [0.1, 0.15) is 53.1 Å². The topological polar surface area (TPSA) is 282 Å². The molecule has 18 nitrogen and oxygen atoms in total. The number of carbonyl (C=O) groups is 7. The molecule has 0 saturated carbocycles. The molecule has 6 aromatic rings. The summed E-state index contributed by atoms with van der Waals surface area (Å²) in [5.74, 6) is -5.15. The van der Waals surface area contributed by atoms with Crippen molar-refractivity contribution in [3.8, 4) is 11.5 Å². The van der Waals surface area contributed by atoms with E-state index in [2.05, 4.69) is 31.9 Å². The summed E-state index contributed by atoms with van der Waals surface area (Å²) in [4.78, 5) is 97.7. The number of phenols is 2. The zero-order valence-electron chi connectivity index (χ0n) is 42.8. The lowest BCUT2D eigenvalue weighted by atomic mass is 9.76. The minimum absolute atomic E-state index is 0.0203. The summed E-state index contributed by atoms with van der Waals surface area (Å²) in [5, 5.41) is 47.1. The molecule has 11 N–H and O–H groups in total. The Kier molecular flexibility index (Phi) is 19.7. The van der Waals surface area contributed by atoms with Crippen molar-refractivity contribution in [2.75, 3.05) is 19.7 Å². The van der Waals surface area contributed by atoms with Crippen LogP contribution in [0.15, 0.2) is 164 Å². The van der Waals surface area contributed by atoms with Gasteiger partial charge in [-0.15, -0.1) is 0 Å². The third-order valence-corrected chi connectivity index (χ3v) is 13.9. The van der Waals surface area contributed by atoms with E-state index in [9.17, 15) is 48.9 Å². The van der Waals surface area contributed by atoms with Gasteiger partial charge >= 0.3 is 0 Å². The number of hydrogen-bond acceptors (Lipinski definition) is 11. The summed E-state index contributed by atoms with van der Waals surface area (Å²) in [6, 6.07) is 40.3. The van der Waals surface area contributed by atoms with E-state index < -0.39 is 96.3 Å². The molecule has 0 spiro atoms. The van der Waals surface area contributed by atoms with Gasteiger partial charge < -0.3 is 52.5 Å². The SMILES string of the molecule is C[C@@H](NC(=O)[C@H](Cc1ccc(O)cc1)NC(c1ccccc1)(c1ccccc1)c1ccccc1Cl)C(=O)N[C@@H](Cc1ccccc1)C(=O)NCC(=O)N[C@@H](Cc1ccc(O)cc1)C(=O)N1CCC[C@H]1C(=O)N[C@@H](CO)C(N)=O. The lowest BCUT2D eigenvalue weighted by Crippen LogP contribution is -2.59. The Morgan fingerprint density at radius 2 is 1.12 bits per heavy atom. The maximum Gasteiger partial charge on any atom is 0.246 e. The molecule has 1 heterocycles. The van der Waals surface area contributed by atoms with Crippen molar-refractivity contribution in [2.45, 2.75) is 80.8 Å². The van der Waals surface area contributed by atoms with E-state index in [1.54, 1.807) is 60.7 Å². The molecular weight excluding hydrogens is 1020 g/mol. The quantitative estimate of drug-likeness (QED) is 0.0393. The van der Waals surface area contributed by atoms with Crippen LogP contribution in [0.2, 0.25) is 5.02 Å². The first kappa shape index (κ1) is 57.1. The zero-order valence-corrected chi connectivity index (χ0v) is 43.6. The molecule has 1 aliphatic rings. The van der Waals surface area contributed by atoms with E-state index >= 15 is 0 Å². The number of phenolic OH excluding ortho intramolecular Hbond substituents is 2. The lowest BCUT2D eigenvalue weighted by molar-refractivity contribution is -0.142. The Morgan fingerprint density at radius 3 is 1.67 bits per heavy atom. The van der Waals surface area contributed by atoms with Gasteiger partial charge in [-0.2, -0.15) is 0 Å². The number of nitrogens with two attached hydrogens (primary N) is 1. The van der Waals surface area contributed by atoms with Gasteiger partial charge in [-0.1, -0.05) is 145 Å². The number of hydrogen-bond donors (Lipinski definition) is 10. The number of carbonyl (C=O) groups excluding carboxylic acids is 7. The van der Waals surface area contributed by atoms with Crippen molar-refractivity contribution >= 4 is 53.0 Å². The lowest BCUT2D eigenvalue weighted by Gasteiger charge is -2.40. The van der Waals surface area contributed by atoms with Gasteiger partial charge in [0, 0.05) is 24.4 Å². The van der Waals surface area contributed by atoms with Crippen LogP contribution in [0.25, 0.3) is 0 Å². The summed E-state index contributed by atoms with van der Waals surface area (Å²) < 4.78 is 0. The average Bonchev–Trinajstić information content (AvgIpc) is 4.00. The molecule has 1 aliphatic heterocycles. The van der Waals surface area contributed by atoms with Crippen molar-refractivity contribution in [1.82, 2.24) is 36.8 Å². The number of likely N-dealkylation sites (tertiary alicyclic amines) is 1. The molecule has 0 aromatic heterocycles. The van der Waals surface area contributed by atoms with Crippen LogP contribution >= 0.6 is 11.6 Å². The Labute approximate surface area is 456 Å². The first-order valence-electron chi connectivity index (χ1n) is 25.5. The van der Waals surface area contributed by atoms with Crippen LogP contribution in [-0.2, 0) is 58.4 Å². The summed E-state index contributed by atoms with van der Waals surface area (Å²) in [7, 11) is 0. The normalized spacial score (nSPS) is 15.1. The molecular formula is C59H63ClN8O10. The highest BCUT2D eigenvalue weighted by atomic mass is 35.5.